The van der Waals surface area contributed by atoms with E-state index < -0.39 is 0 Å². The van der Waals surface area contributed by atoms with Crippen LogP contribution < -0.4 is 5.32 Å². The Morgan fingerprint density at radius 2 is 2.44 bits per heavy atom. The summed E-state index contributed by atoms with van der Waals surface area (Å²) in [5, 5.41) is 2.82. The first-order chi connectivity index (χ1) is 8.69. The summed E-state index contributed by atoms with van der Waals surface area (Å²) < 4.78 is 0. The molecule has 5 nitrogen and oxygen atoms in total. The number of aromatic nitrogens is 2. The maximum atomic E-state index is 11.4. The third-order valence-electron chi connectivity index (χ3n) is 2.89. The molecule has 1 N–H and O–H groups in total. The van der Waals surface area contributed by atoms with Crippen molar-refractivity contribution in [3.8, 4) is 0 Å². The minimum atomic E-state index is 0.0311. The highest BCUT2D eigenvalue weighted by Crippen LogP contribution is 2.14. The van der Waals surface area contributed by atoms with E-state index >= 15 is 0 Å². The molecule has 0 atom stereocenters. The second-order valence-electron chi connectivity index (χ2n) is 4.46. The van der Waals surface area contributed by atoms with Gasteiger partial charge in [-0.05, 0) is 13.3 Å². The van der Waals surface area contributed by atoms with Crippen LogP contribution in [0.4, 0.5) is 0 Å². The predicted molar refractivity (Wildman–Crippen MR) is 72.3 cm³/mol. The Balaban J connectivity index is 1.97. The van der Waals surface area contributed by atoms with Crippen molar-refractivity contribution in [2.24, 2.45) is 0 Å². The first-order valence-electron chi connectivity index (χ1n) is 5.97. The number of hydrogen-bond donors (Lipinski definition) is 1. The van der Waals surface area contributed by atoms with Crippen LogP contribution in [0.5, 0.6) is 0 Å². The molecule has 18 heavy (non-hydrogen) atoms. The van der Waals surface area contributed by atoms with E-state index in [2.05, 4.69) is 27.2 Å². The first-order valence-corrected chi connectivity index (χ1v) is 7.36. The fraction of sp³-hybridized carbons (Fsp3) is 0.583. The number of carbonyl (C=O) groups excluding carboxylic acids is 1. The maximum absolute atomic E-state index is 11.4. The largest absolute Gasteiger partial charge is 0.348 e. The van der Waals surface area contributed by atoms with Crippen molar-refractivity contribution in [2.75, 3.05) is 25.6 Å². The monoisotopic (exact) mass is 266 g/mol. The van der Waals surface area contributed by atoms with Gasteiger partial charge in [0.25, 0.3) is 0 Å². The van der Waals surface area contributed by atoms with Crippen LogP contribution in [0.3, 0.4) is 0 Å². The van der Waals surface area contributed by atoms with Crippen molar-refractivity contribution in [3.05, 3.63) is 23.3 Å². The van der Waals surface area contributed by atoms with E-state index in [1.165, 1.54) is 17.3 Å². The number of rotatable bonds is 4. The van der Waals surface area contributed by atoms with E-state index in [-0.39, 0.29) is 5.91 Å². The first kappa shape index (κ1) is 13.3. The number of fused-ring (bicyclic) bond motifs is 1. The number of hydrogen-bond acceptors (Lipinski definition) is 5. The lowest BCUT2D eigenvalue weighted by atomic mass is 10.1. The number of nitrogens with zero attached hydrogens (tertiary/aromatic N) is 3. The molecule has 1 aliphatic rings. The molecule has 0 saturated heterocycles. The van der Waals surface area contributed by atoms with Gasteiger partial charge in [-0.1, -0.05) is 0 Å². The zero-order valence-electron chi connectivity index (χ0n) is 10.8. The Bertz CT molecular complexity index is 438. The van der Waals surface area contributed by atoms with Gasteiger partial charge in [-0.3, -0.25) is 4.79 Å². The molecule has 1 amide bonds. The second-order valence-corrected chi connectivity index (χ2v) is 5.32. The van der Waals surface area contributed by atoms with Gasteiger partial charge in [0, 0.05) is 37.0 Å². The Hall–Kier alpha value is -1.14. The van der Waals surface area contributed by atoms with Gasteiger partial charge in [0.2, 0.25) is 5.91 Å². The quantitative estimate of drug-likeness (QED) is 0.857. The smallest absolute Gasteiger partial charge is 0.230 e. The summed E-state index contributed by atoms with van der Waals surface area (Å²) in [7, 11) is 2.10. The molecule has 98 valence electrons. The van der Waals surface area contributed by atoms with E-state index in [1.807, 2.05) is 12.5 Å². The summed E-state index contributed by atoms with van der Waals surface area (Å²) in [6.45, 7) is 2.36. The van der Waals surface area contributed by atoms with E-state index in [1.54, 1.807) is 0 Å². The molecule has 1 aromatic rings. The van der Waals surface area contributed by atoms with Crippen molar-refractivity contribution in [1.29, 1.82) is 0 Å². The SMILES string of the molecule is CSCC(=O)NCc1ncc2c(n1)CCN(C)C2. The minimum Gasteiger partial charge on any atom is -0.348 e. The number of amides is 1. The molecule has 2 heterocycles. The van der Waals surface area contributed by atoms with E-state index in [9.17, 15) is 4.79 Å². The highest BCUT2D eigenvalue weighted by Gasteiger charge is 2.15. The molecule has 1 aromatic heterocycles. The van der Waals surface area contributed by atoms with Crippen molar-refractivity contribution < 1.29 is 4.79 Å². The van der Waals surface area contributed by atoms with Gasteiger partial charge in [-0.25, -0.2) is 9.97 Å². The molecule has 0 unspecified atom stereocenters. The molecule has 2 rings (SSSR count). The molecular weight excluding hydrogens is 248 g/mol. The van der Waals surface area contributed by atoms with Crippen molar-refractivity contribution in [2.45, 2.75) is 19.5 Å². The van der Waals surface area contributed by atoms with Gasteiger partial charge >= 0.3 is 0 Å². The molecule has 0 radical (unpaired) electrons. The van der Waals surface area contributed by atoms with Crippen LogP contribution in [0.1, 0.15) is 17.1 Å². The molecule has 0 fully saturated rings. The molecule has 0 spiro atoms. The summed E-state index contributed by atoms with van der Waals surface area (Å²) >= 11 is 1.51. The topological polar surface area (TPSA) is 58.1 Å². The van der Waals surface area contributed by atoms with E-state index in [0.29, 0.717) is 18.1 Å². The fourth-order valence-electron chi connectivity index (χ4n) is 1.94. The highest BCUT2D eigenvalue weighted by molar-refractivity contribution is 7.99. The van der Waals surface area contributed by atoms with Crippen LogP contribution in [0.25, 0.3) is 0 Å². The number of thioether (sulfide) groups is 1. The standard InChI is InChI=1S/C12H18N4OS/c1-16-4-3-10-9(7-16)5-13-11(15-10)6-14-12(17)8-18-2/h5H,3-4,6-8H2,1-2H3,(H,14,17). The number of carbonyl (C=O) groups is 1. The number of likely N-dealkylation sites (N-methyl/N-ethyl adjacent to an activating group) is 1. The lowest BCUT2D eigenvalue weighted by Crippen LogP contribution is -2.29. The van der Waals surface area contributed by atoms with Gasteiger partial charge < -0.3 is 10.2 Å². The lowest BCUT2D eigenvalue weighted by Gasteiger charge is -2.23. The lowest BCUT2D eigenvalue weighted by molar-refractivity contribution is -0.118. The summed E-state index contributed by atoms with van der Waals surface area (Å²) in [6.07, 6.45) is 4.75. The van der Waals surface area contributed by atoms with Gasteiger partial charge in [0.05, 0.1) is 12.3 Å². The zero-order valence-corrected chi connectivity index (χ0v) is 11.6. The third kappa shape index (κ3) is 3.43. The molecule has 6 heteroatoms. The van der Waals surface area contributed by atoms with Crippen LogP contribution in [0.15, 0.2) is 6.20 Å². The Morgan fingerprint density at radius 3 is 3.22 bits per heavy atom. The minimum absolute atomic E-state index is 0.0311. The average molecular weight is 266 g/mol. The zero-order chi connectivity index (χ0) is 13.0. The normalized spacial score (nSPS) is 15.2. The van der Waals surface area contributed by atoms with E-state index in [0.717, 1.165) is 25.2 Å². The van der Waals surface area contributed by atoms with Crippen molar-refractivity contribution in [3.63, 3.8) is 0 Å². The van der Waals surface area contributed by atoms with Gasteiger partial charge in [0.15, 0.2) is 0 Å². The third-order valence-corrected chi connectivity index (χ3v) is 3.44. The van der Waals surface area contributed by atoms with E-state index in [4.69, 9.17) is 0 Å². The van der Waals surface area contributed by atoms with Crippen LogP contribution in [-0.4, -0.2) is 46.4 Å². The van der Waals surface area contributed by atoms with Gasteiger partial charge in [-0.15, -0.1) is 0 Å². The van der Waals surface area contributed by atoms with Crippen molar-refractivity contribution in [1.82, 2.24) is 20.2 Å². The predicted octanol–water partition coefficient (Wildman–Crippen LogP) is 0.444. The van der Waals surface area contributed by atoms with Crippen LogP contribution in [-0.2, 0) is 24.3 Å². The van der Waals surface area contributed by atoms with Gasteiger partial charge in [-0.2, -0.15) is 11.8 Å². The van der Waals surface area contributed by atoms with Crippen LogP contribution in [0, 0.1) is 0 Å². The molecule has 0 saturated carbocycles. The van der Waals surface area contributed by atoms with Crippen LogP contribution in [0.2, 0.25) is 0 Å². The second kappa shape index (κ2) is 6.15. The maximum Gasteiger partial charge on any atom is 0.230 e. The number of nitrogens with one attached hydrogen (secondary N) is 1. The Kier molecular flexibility index (Phi) is 4.54. The fourth-order valence-corrected chi connectivity index (χ4v) is 2.31. The van der Waals surface area contributed by atoms with Gasteiger partial charge in [0.1, 0.15) is 5.82 Å². The molecule has 0 bridgehead atoms. The van der Waals surface area contributed by atoms with Crippen LogP contribution >= 0.6 is 11.8 Å². The summed E-state index contributed by atoms with van der Waals surface area (Å²) in [6, 6.07) is 0. The molecule has 0 aromatic carbocycles. The van der Waals surface area contributed by atoms with Crippen molar-refractivity contribution >= 4 is 17.7 Å². The Labute approximate surface area is 111 Å². The highest BCUT2D eigenvalue weighted by atomic mass is 32.2. The Morgan fingerprint density at radius 1 is 1.61 bits per heavy atom. The molecule has 1 aliphatic heterocycles. The molecular formula is C12H18N4OS. The molecule has 0 aliphatic carbocycles. The average Bonchev–Trinajstić information content (AvgIpc) is 2.36. The summed E-state index contributed by atoms with van der Waals surface area (Å²) in [5.74, 6) is 1.21. The summed E-state index contributed by atoms with van der Waals surface area (Å²) in [5.41, 5.74) is 2.32. The summed E-state index contributed by atoms with van der Waals surface area (Å²) in [4.78, 5) is 22.4.